The van der Waals surface area contributed by atoms with E-state index in [-0.39, 0.29) is 17.1 Å². The smallest absolute Gasteiger partial charge is 0.369 e. The zero-order chi connectivity index (χ0) is 18.7. The summed E-state index contributed by atoms with van der Waals surface area (Å²) in [5.74, 6) is 0.0531. The lowest BCUT2D eigenvalue weighted by Gasteiger charge is -2.17. The average molecular weight is 362 g/mol. The molecule has 0 saturated carbocycles. The largest absolute Gasteiger partial charge is 0.416 e. The van der Waals surface area contributed by atoms with Crippen LogP contribution in [0.25, 0.3) is 6.08 Å². The molecule has 6 nitrogen and oxygen atoms in total. The van der Waals surface area contributed by atoms with Gasteiger partial charge in [-0.1, -0.05) is 6.07 Å². The number of aromatic nitrogens is 1. The molecular weight excluding hydrogens is 347 g/mol. The van der Waals surface area contributed by atoms with Gasteiger partial charge >= 0.3 is 6.18 Å². The monoisotopic (exact) mass is 362 g/mol. The Morgan fingerprint density at radius 2 is 2.00 bits per heavy atom. The summed E-state index contributed by atoms with van der Waals surface area (Å²) in [5, 5.41) is 9.49. The van der Waals surface area contributed by atoms with Gasteiger partial charge in [-0.2, -0.15) is 13.2 Å². The van der Waals surface area contributed by atoms with Crippen LogP contribution in [-0.2, 0) is 6.18 Å². The van der Waals surface area contributed by atoms with Gasteiger partial charge in [-0.3, -0.25) is 4.79 Å². The minimum atomic E-state index is -4.47. The SMILES string of the molecule is NCCNc1cc2c(c(Nc3cccc(C(F)(F)F)c3)n1)C(=O)[N]C=C2. The summed E-state index contributed by atoms with van der Waals surface area (Å²) in [7, 11) is 0. The van der Waals surface area contributed by atoms with Crippen molar-refractivity contribution in [1.29, 1.82) is 0 Å². The number of amides is 1. The zero-order valence-corrected chi connectivity index (χ0v) is 13.5. The Hall–Kier alpha value is -3.07. The summed E-state index contributed by atoms with van der Waals surface area (Å²) in [6.07, 6.45) is -1.47. The molecule has 0 saturated heterocycles. The lowest BCUT2D eigenvalue weighted by atomic mass is 10.1. The number of nitrogens with one attached hydrogen (secondary N) is 2. The Morgan fingerprint density at radius 1 is 1.19 bits per heavy atom. The molecule has 0 unspecified atom stereocenters. The van der Waals surface area contributed by atoms with Gasteiger partial charge < -0.3 is 16.4 Å². The van der Waals surface area contributed by atoms with Crippen LogP contribution in [0.2, 0.25) is 0 Å². The average Bonchev–Trinajstić information content (AvgIpc) is 2.59. The third-order valence-electron chi connectivity index (χ3n) is 3.61. The van der Waals surface area contributed by atoms with Crippen molar-refractivity contribution in [1.82, 2.24) is 10.3 Å². The number of fused-ring (bicyclic) bond motifs is 1. The van der Waals surface area contributed by atoms with Crippen LogP contribution in [-0.4, -0.2) is 24.0 Å². The van der Waals surface area contributed by atoms with Crippen molar-refractivity contribution >= 4 is 29.3 Å². The van der Waals surface area contributed by atoms with Gasteiger partial charge in [0.2, 0.25) is 0 Å². The van der Waals surface area contributed by atoms with E-state index in [2.05, 4.69) is 20.9 Å². The lowest BCUT2D eigenvalue weighted by Crippen LogP contribution is -2.20. The maximum absolute atomic E-state index is 12.9. The van der Waals surface area contributed by atoms with Gasteiger partial charge in [-0.25, -0.2) is 10.3 Å². The molecule has 0 bridgehead atoms. The van der Waals surface area contributed by atoms with Gasteiger partial charge in [-0.15, -0.1) is 0 Å². The first-order valence-corrected chi connectivity index (χ1v) is 7.73. The van der Waals surface area contributed by atoms with Gasteiger partial charge in [0, 0.05) is 25.0 Å². The Bertz CT molecular complexity index is 864. The third-order valence-corrected chi connectivity index (χ3v) is 3.61. The molecule has 1 radical (unpaired) electrons. The van der Waals surface area contributed by atoms with Crippen molar-refractivity contribution < 1.29 is 18.0 Å². The molecule has 0 atom stereocenters. The van der Waals surface area contributed by atoms with Gasteiger partial charge in [0.05, 0.1) is 11.1 Å². The summed E-state index contributed by atoms with van der Waals surface area (Å²) in [5.41, 5.74) is 5.58. The van der Waals surface area contributed by atoms with Crippen LogP contribution in [0, 0.1) is 0 Å². The van der Waals surface area contributed by atoms with Crippen LogP contribution in [0.15, 0.2) is 36.5 Å². The summed E-state index contributed by atoms with van der Waals surface area (Å²) in [6, 6.07) is 6.32. The second-order valence-corrected chi connectivity index (χ2v) is 5.49. The predicted octanol–water partition coefficient (Wildman–Crippen LogP) is 2.94. The molecule has 1 aliphatic rings. The van der Waals surface area contributed by atoms with E-state index in [4.69, 9.17) is 5.73 Å². The number of pyridine rings is 1. The molecule has 0 aliphatic carbocycles. The molecule has 26 heavy (non-hydrogen) atoms. The predicted molar refractivity (Wildman–Crippen MR) is 92.0 cm³/mol. The fourth-order valence-electron chi connectivity index (χ4n) is 2.46. The highest BCUT2D eigenvalue weighted by molar-refractivity contribution is 6.05. The van der Waals surface area contributed by atoms with Crippen molar-refractivity contribution in [3.63, 3.8) is 0 Å². The van der Waals surface area contributed by atoms with E-state index in [1.54, 1.807) is 12.1 Å². The first-order valence-electron chi connectivity index (χ1n) is 7.73. The number of carbonyl (C=O) groups excluding carboxylic acids is 1. The van der Waals surface area contributed by atoms with Gasteiger partial charge in [0.25, 0.3) is 5.91 Å². The molecule has 1 amide bonds. The number of carbonyl (C=O) groups is 1. The van der Waals surface area contributed by atoms with Crippen LogP contribution in [0.1, 0.15) is 21.5 Å². The molecule has 1 aliphatic heterocycles. The highest BCUT2D eigenvalue weighted by Crippen LogP contribution is 2.33. The van der Waals surface area contributed by atoms with E-state index in [0.717, 1.165) is 12.1 Å². The molecule has 2 aromatic rings. The standard InChI is InChI=1S/C17H15F3N5O/c18-17(19,20)11-2-1-3-12(9-11)24-15-14-10(4-6-23-16(14)26)8-13(25-15)22-7-5-21/h1-4,6,8-9H,5,7,21H2,(H2,22,24,25). The van der Waals surface area contributed by atoms with Crippen molar-refractivity contribution in [3.8, 4) is 0 Å². The van der Waals surface area contributed by atoms with Gasteiger partial charge in [0.1, 0.15) is 11.6 Å². The van der Waals surface area contributed by atoms with Crippen LogP contribution in [0.5, 0.6) is 0 Å². The van der Waals surface area contributed by atoms with E-state index in [9.17, 15) is 18.0 Å². The molecule has 135 valence electrons. The quantitative estimate of drug-likeness (QED) is 0.760. The molecule has 2 heterocycles. The Labute approximate surface area is 147 Å². The number of hydrogen-bond donors (Lipinski definition) is 3. The number of nitrogens with zero attached hydrogens (tertiary/aromatic N) is 2. The van der Waals surface area contributed by atoms with Crippen LogP contribution in [0.3, 0.4) is 0 Å². The second kappa shape index (κ2) is 7.04. The van der Waals surface area contributed by atoms with Gasteiger partial charge in [0.15, 0.2) is 0 Å². The summed E-state index contributed by atoms with van der Waals surface area (Å²) < 4.78 is 38.7. The number of rotatable bonds is 5. The molecule has 1 aromatic heterocycles. The fraction of sp³-hybridized carbons (Fsp3) is 0.176. The van der Waals surface area contributed by atoms with E-state index < -0.39 is 17.6 Å². The number of hydrogen-bond acceptors (Lipinski definition) is 5. The number of benzene rings is 1. The van der Waals surface area contributed by atoms with E-state index in [1.165, 1.54) is 18.3 Å². The molecule has 4 N–H and O–H groups in total. The Morgan fingerprint density at radius 3 is 2.73 bits per heavy atom. The van der Waals surface area contributed by atoms with Crippen LogP contribution < -0.4 is 21.7 Å². The minimum absolute atomic E-state index is 0.124. The van der Waals surface area contributed by atoms with Crippen molar-refractivity contribution in [2.45, 2.75) is 6.18 Å². The van der Waals surface area contributed by atoms with Crippen LogP contribution >= 0.6 is 0 Å². The molecule has 0 fully saturated rings. The second-order valence-electron chi connectivity index (χ2n) is 5.49. The van der Waals surface area contributed by atoms with E-state index in [0.29, 0.717) is 24.5 Å². The number of alkyl halides is 3. The van der Waals surface area contributed by atoms with Crippen molar-refractivity contribution in [2.75, 3.05) is 23.7 Å². The van der Waals surface area contributed by atoms with Crippen molar-refractivity contribution in [2.24, 2.45) is 5.73 Å². The molecule has 0 spiro atoms. The number of halogens is 3. The molecule has 9 heteroatoms. The summed E-state index contributed by atoms with van der Waals surface area (Å²) in [6.45, 7) is 0.829. The van der Waals surface area contributed by atoms with Crippen molar-refractivity contribution in [3.05, 3.63) is 53.2 Å². The summed E-state index contributed by atoms with van der Waals surface area (Å²) in [4.78, 5) is 16.4. The maximum atomic E-state index is 12.9. The third kappa shape index (κ3) is 3.77. The minimum Gasteiger partial charge on any atom is -0.369 e. The highest BCUT2D eigenvalue weighted by atomic mass is 19.4. The number of nitrogens with two attached hydrogens (primary N) is 1. The zero-order valence-electron chi connectivity index (χ0n) is 13.5. The first kappa shape index (κ1) is 17.7. The summed E-state index contributed by atoms with van der Waals surface area (Å²) >= 11 is 0. The Balaban J connectivity index is 2.01. The fourth-order valence-corrected chi connectivity index (χ4v) is 2.46. The maximum Gasteiger partial charge on any atom is 0.416 e. The number of anilines is 3. The lowest BCUT2D eigenvalue weighted by molar-refractivity contribution is -0.137. The topological polar surface area (TPSA) is 94.1 Å². The van der Waals surface area contributed by atoms with E-state index in [1.807, 2.05) is 0 Å². The molecule has 3 rings (SSSR count). The first-order chi connectivity index (χ1) is 12.4. The Kier molecular flexibility index (Phi) is 4.81. The molecular formula is C17H15F3N5O. The molecule has 1 aromatic carbocycles. The van der Waals surface area contributed by atoms with Crippen LogP contribution in [0.4, 0.5) is 30.5 Å². The van der Waals surface area contributed by atoms with Gasteiger partial charge in [-0.05, 0) is 35.9 Å². The van der Waals surface area contributed by atoms with E-state index >= 15 is 0 Å². The normalized spacial score (nSPS) is 13.2. The highest BCUT2D eigenvalue weighted by Gasteiger charge is 2.30.